The predicted molar refractivity (Wildman–Crippen MR) is 133 cm³/mol. The van der Waals surface area contributed by atoms with Gasteiger partial charge in [0.05, 0.1) is 27.0 Å². The molecule has 0 bridgehead atoms. The van der Waals surface area contributed by atoms with Crippen LogP contribution in [0.4, 0.5) is 5.69 Å². The summed E-state index contributed by atoms with van der Waals surface area (Å²) in [4.78, 5) is 27.4. The number of benzene rings is 2. The van der Waals surface area contributed by atoms with E-state index in [1.165, 1.54) is 17.0 Å². The highest BCUT2D eigenvalue weighted by molar-refractivity contribution is 7.92. The molecule has 0 fully saturated rings. The minimum absolute atomic E-state index is 0.0147. The molecule has 33 heavy (non-hydrogen) atoms. The molecule has 0 saturated carbocycles. The van der Waals surface area contributed by atoms with Gasteiger partial charge in [0.1, 0.15) is 12.6 Å². The lowest BCUT2D eigenvalue weighted by atomic mass is 10.1. The first-order chi connectivity index (χ1) is 15.3. The van der Waals surface area contributed by atoms with Crippen LogP contribution in [-0.4, -0.2) is 50.0 Å². The molecule has 11 heteroatoms. The Balaban J connectivity index is 2.44. The summed E-state index contributed by atoms with van der Waals surface area (Å²) in [5.74, 6) is -0.939. The number of carbonyl (C=O) groups is 2. The summed E-state index contributed by atoms with van der Waals surface area (Å²) in [6.45, 7) is 4.74. The van der Waals surface area contributed by atoms with Crippen LogP contribution >= 0.6 is 34.8 Å². The molecule has 180 valence electrons. The lowest BCUT2D eigenvalue weighted by Crippen LogP contribution is -2.52. The molecule has 1 N–H and O–H groups in total. The van der Waals surface area contributed by atoms with Crippen molar-refractivity contribution in [2.24, 2.45) is 0 Å². The maximum atomic E-state index is 13.4. The van der Waals surface area contributed by atoms with Crippen molar-refractivity contribution in [3.8, 4) is 0 Å². The molecular weight excluding hydrogens is 509 g/mol. The Kier molecular flexibility index (Phi) is 9.43. The molecule has 0 saturated heterocycles. The van der Waals surface area contributed by atoms with Crippen molar-refractivity contribution in [3.63, 3.8) is 0 Å². The maximum absolute atomic E-state index is 13.4. The molecular formula is C22H26Cl3N3O4S. The monoisotopic (exact) mass is 533 g/mol. The quantitative estimate of drug-likeness (QED) is 0.485. The highest BCUT2D eigenvalue weighted by Crippen LogP contribution is 2.35. The number of nitrogens with one attached hydrogen (secondary N) is 1. The van der Waals surface area contributed by atoms with E-state index in [4.69, 9.17) is 34.8 Å². The molecule has 0 aliphatic carbocycles. The van der Waals surface area contributed by atoms with Crippen molar-refractivity contribution >= 4 is 62.3 Å². The van der Waals surface area contributed by atoms with Gasteiger partial charge in [-0.05, 0) is 38.5 Å². The van der Waals surface area contributed by atoms with Crippen LogP contribution in [0, 0.1) is 0 Å². The first-order valence-electron chi connectivity index (χ1n) is 10.1. The van der Waals surface area contributed by atoms with Crippen molar-refractivity contribution in [1.29, 1.82) is 0 Å². The fourth-order valence-corrected chi connectivity index (χ4v) is 4.61. The smallest absolute Gasteiger partial charge is 0.244 e. The van der Waals surface area contributed by atoms with Crippen LogP contribution in [0.3, 0.4) is 0 Å². The van der Waals surface area contributed by atoms with E-state index in [9.17, 15) is 18.0 Å². The molecule has 2 aromatic rings. The summed E-state index contributed by atoms with van der Waals surface area (Å²) in [5, 5.41) is 3.03. The van der Waals surface area contributed by atoms with Crippen LogP contribution in [0.2, 0.25) is 15.1 Å². The number of nitrogens with zero attached hydrogens (tertiary/aromatic N) is 2. The van der Waals surface area contributed by atoms with E-state index in [0.29, 0.717) is 0 Å². The molecule has 0 heterocycles. The number of amides is 2. The van der Waals surface area contributed by atoms with Gasteiger partial charge < -0.3 is 10.2 Å². The van der Waals surface area contributed by atoms with Crippen molar-refractivity contribution in [2.75, 3.05) is 17.1 Å². The number of carbonyl (C=O) groups excluding carboxylic acids is 2. The van der Waals surface area contributed by atoms with Gasteiger partial charge in [0.25, 0.3) is 0 Å². The number of halogens is 3. The summed E-state index contributed by atoms with van der Waals surface area (Å²) in [7, 11) is -3.94. The maximum Gasteiger partial charge on any atom is 0.244 e. The van der Waals surface area contributed by atoms with Gasteiger partial charge in [-0.1, -0.05) is 65.1 Å². The van der Waals surface area contributed by atoms with Crippen molar-refractivity contribution in [1.82, 2.24) is 10.2 Å². The van der Waals surface area contributed by atoms with Crippen molar-refractivity contribution < 1.29 is 18.0 Å². The van der Waals surface area contributed by atoms with Gasteiger partial charge in [0.15, 0.2) is 0 Å². The Hall–Kier alpha value is -2.00. The van der Waals surface area contributed by atoms with Crippen molar-refractivity contribution in [2.45, 2.75) is 39.4 Å². The third-order valence-corrected chi connectivity index (χ3v) is 6.88. The fourth-order valence-electron chi connectivity index (χ4n) is 3.07. The number of anilines is 1. The summed E-state index contributed by atoms with van der Waals surface area (Å²) >= 11 is 18.3. The second-order valence-electron chi connectivity index (χ2n) is 7.83. The zero-order chi connectivity index (χ0) is 24.9. The molecule has 0 aliphatic rings. The average Bonchev–Trinajstić information content (AvgIpc) is 2.72. The Morgan fingerprint density at radius 2 is 1.55 bits per heavy atom. The van der Waals surface area contributed by atoms with Gasteiger partial charge in [-0.3, -0.25) is 13.9 Å². The van der Waals surface area contributed by atoms with E-state index in [1.54, 1.807) is 6.92 Å². The van der Waals surface area contributed by atoms with E-state index in [0.717, 1.165) is 16.1 Å². The summed E-state index contributed by atoms with van der Waals surface area (Å²) in [5.41, 5.74) is 0.800. The van der Waals surface area contributed by atoms with E-state index < -0.39 is 28.5 Å². The summed E-state index contributed by atoms with van der Waals surface area (Å²) in [6, 6.07) is 10.7. The zero-order valence-electron chi connectivity index (χ0n) is 18.7. The molecule has 2 rings (SSSR count). The molecule has 2 aromatic carbocycles. The minimum atomic E-state index is -3.94. The molecule has 0 radical (unpaired) electrons. The number of sulfonamides is 1. The Bertz CT molecular complexity index is 1110. The van der Waals surface area contributed by atoms with E-state index in [1.807, 2.05) is 44.2 Å². The first kappa shape index (κ1) is 27.2. The van der Waals surface area contributed by atoms with Crippen LogP contribution in [0.5, 0.6) is 0 Å². The lowest BCUT2D eigenvalue weighted by Gasteiger charge is -2.32. The van der Waals surface area contributed by atoms with Crippen molar-refractivity contribution in [3.05, 3.63) is 63.1 Å². The zero-order valence-corrected chi connectivity index (χ0v) is 21.8. The van der Waals surface area contributed by atoms with E-state index in [2.05, 4.69) is 5.32 Å². The highest BCUT2D eigenvalue weighted by atomic mass is 35.5. The van der Waals surface area contributed by atoms with Crippen LogP contribution in [-0.2, 0) is 26.2 Å². The first-order valence-corrected chi connectivity index (χ1v) is 13.1. The van der Waals surface area contributed by atoms with E-state index >= 15 is 0 Å². The van der Waals surface area contributed by atoms with Gasteiger partial charge in [0.2, 0.25) is 21.8 Å². The summed E-state index contributed by atoms with van der Waals surface area (Å²) < 4.78 is 26.0. The third-order valence-electron chi connectivity index (χ3n) is 4.73. The highest BCUT2D eigenvalue weighted by Gasteiger charge is 2.31. The molecule has 2 amide bonds. The molecule has 7 nitrogen and oxygen atoms in total. The van der Waals surface area contributed by atoms with E-state index in [-0.39, 0.29) is 39.2 Å². The van der Waals surface area contributed by atoms with Gasteiger partial charge in [-0.15, -0.1) is 0 Å². The molecule has 0 aliphatic heterocycles. The topological polar surface area (TPSA) is 86.8 Å². The molecule has 1 atom stereocenters. The summed E-state index contributed by atoms with van der Waals surface area (Å²) in [6.07, 6.45) is 0.954. The van der Waals surface area contributed by atoms with Gasteiger partial charge in [-0.2, -0.15) is 0 Å². The largest absolute Gasteiger partial charge is 0.352 e. The molecule has 0 unspecified atom stereocenters. The number of rotatable bonds is 9. The van der Waals surface area contributed by atoms with Crippen LogP contribution in [0.15, 0.2) is 42.5 Å². The molecule has 0 aromatic heterocycles. The average molecular weight is 535 g/mol. The second-order valence-corrected chi connectivity index (χ2v) is 11.0. The van der Waals surface area contributed by atoms with Gasteiger partial charge >= 0.3 is 0 Å². The fraction of sp³-hybridized carbons (Fsp3) is 0.364. The minimum Gasteiger partial charge on any atom is -0.352 e. The van der Waals surface area contributed by atoms with Crippen LogP contribution in [0.1, 0.15) is 26.3 Å². The Morgan fingerprint density at radius 1 is 0.970 bits per heavy atom. The predicted octanol–water partition coefficient (Wildman–Crippen LogP) is 4.35. The SMILES string of the molecule is CC(C)NC(=O)[C@@H](C)N(Cc1ccccc1)C(=O)CN(c1cc(Cl)c(Cl)cc1Cl)S(C)(=O)=O. The second kappa shape index (κ2) is 11.4. The third kappa shape index (κ3) is 7.50. The molecule has 0 spiro atoms. The number of hydrogen-bond acceptors (Lipinski definition) is 4. The van der Waals surface area contributed by atoms with Gasteiger partial charge in [-0.25, -0.2) is 8.42 Å². The normalized spacial score (nSPS) is 12.4. The van der Waals surface area contributed by atoms with Gasteiger partial charge in [0, 0.05) is 12.6 Å². The Morgan fingerprint density at radius 3 is 2.09 bits per heavy atom. The lowest BCUT2D eigenvalue weighted by molar-refractivity contribution is -0.139. The van der Waals surface area contributed by atoms with Crippen LogP contribution < -0.4 is 9.62 Å². The van der Waals surface area contributed by atoms with Crippen LogP contribution in [0.25, 0.3) is 0 Å². The standard InChI is InChI=1S/C22H26Cl3N3O4S/c1-14(2)26-22(30)15(3)27(12-16-8-6-5-7-9-16)21(29)13-28(33(4,31)32)20-11-18(24)17(23)10-19(20)25/h5-11,14-15H,12-13H2,1-4H3,(H,26,30)/t15-/m1/s1. The Labute approximate surface area is 209 Å². The number of hydrogen-bond donors (Lipinski definition) is 1.